The number of fused-ring (bicyclic) bond motifs is 1. The van der Waals surface area contributed by atoms with E-state index in [-0.39, 0.29) is 6.61 Å². The number of ether oxygens (including phenoxy) is 4. The first kappa shape index (κ1) is 22.7. The Balaban J connectivity index is 1.45. The molecule has 0 N–H and O–H groups in total. The summed E-state index contributed by atoms with van der Waals surface area (Å²) in [7, 11) is 0. The molecule has 1 fully saturated rings. The Kier molecular flexibility index (Phi) is 8.07. The lowest BCUT2D eigenvalue weighted by Crippen LogP contribution is -2.21. The number of para-hydroxylation sites is 1. The Labute approximate surface area is 194 Å². The zero-order chi connectivity index (χ0) is 22.2. The number of pyridine rings is 1. The normalized spacial score (nSPS) is 14.4. The van der Waals surface area contributed by atoms with Gasteiger partial charge < -0.3 is 18.9 Å². The third kappa shape index (κ3) is 5.84. The quantitative estimate of drug-likeness (QED) is 0.329. The van der Waals surface area contributed by atoms with Crippen molar-refractivity contribution in [2.75, 3.05) is 26.4 Å². The Bertz CT molecular complexity index is 1020. The van der Waals surface area contributed by atoms with Crippen LogP contribution in [-0.4, -0.2) is 31.4 Å². The molecule has 1 aliphatic heterocycles. The Morgan fingerprint density at radius 2 is 1.78 bits per heavy atom. The number of hydrogen-bond acceptors (Lipinski definition) is 5. The van der Waals surface area contributed by atoms with Crippen molar-refractivity contribution >= 4 is 22.5 Å². The van der Waals surface area contributed by atoms with Crippen LogP contribution in [0.15, 0.2) is 48.5 Å². The highest BCUT2D eigenvalue weighted by atomic mass is 35.5. The predicted molar refractivity (Wildman–Crippen MR) is 127 cm³/mol. The van der Waals surface area contributed by atoms with Crippen LogP contribution in [0.25, 0.3) is 10.9 Å². The summed E-state index contributed by atoms with van der Waals surface area (Å²) in [5, 5.41) is 1.42. The summed E-state index contributed by atoms with van der Waals surface area (Å²) in [4.78, 5) is 4.72. The SMILES string of the molecule is CCCCOc1c(Cl)c(COc2cccc(OCC3CCOCC3)c2)nc2ccccc12. The molecule has 6 heteroatoms. The molecule has 4 rings (SSSR count). The smallest absolute Gasteiger partial charge is 0.149 e. The van der Waals surface area contributed by atoms with Gasteiger partial charge in [0.2, 0.25) is 0 Å². The van der Waals surface area contributed by atoms with Crippen LogP contribution in [0.4, 0.5) is 0 Å². The second-order valence-corrected chi connectivity index (χ2v) is 8.43. The summed E-state index contributed by atoms with van der Waals surface area (Å²) < 4.78 is 23.5. The minimum absolute atomic E-state index is 0.247. The molecular weight excluding hydrogens is 426 g/mol. The average molecular weight is 456 g/mol. The summed E-state index contributed by atoms with van der Waals surface area (Å²) in [5.74, 6) is 2.74. The molecule has 1 saturated heterocycles. The van der Waals surface area contributed by atoms with E-state index in [0.29, 0.717) is 41.3 Å². The molecule has 0 bridgehead atoms. The highest BCUT2D eigenvalue weighted by molar-refractivity contribution is 6.33. The second kappa shape index (κ2) is 11.4. The number of aromatic nitrogens is 1. The molecule has 0 atom stereocenters. The number of unbranched alkanes of at least 4 members (excludes halogenated alkanes) is 1. The van der Waals surface area contributed by atoms with Crippen molar-refractivity contribution in [1.82, 2.24) is 4.98 Å². The van der Waals surface area contributed by atoms with Crippen molar-refractivity contribution < 1.29 is 18.9 Å². The molecule has 0 amide bonds. The fourth-order valence-electron chi connectivity index (χ4n) is 3.69. The molecule has 1 aliphatic rings. The second-order valence-electron chi connectivity index (χ2n) is 8.05. The van der Waals surface area contributed by atoms with Gasteiger partial charge in [0.05, 0.1) is 18.7 Å². The van der Waals surface area contributed by atoms with Crippen LogP contribution in [0.1, 0.15) is 38.3 Å². The van der Waals surface area contributed by atoms with Crippen LogP contribution in [0, 0.1) is 5.92 Å². The third-order valence-corrected chi connectivity index (χ3v) is 6.00. The zero-order valence-corrected chi connectivity index (χ0v) is 19.3. The van der Waals surface area contributed by atoms with Crippen molar-refractivity contribution in [3.05, 3.63) is 59.2 Å². The van der Waals surface area contributed by atoms with Crippen LogP contribution in [0.3, 0.4) is 0 Å². The average Bonchev–Trinajstić information content (AvgIpc) is 2.84. The van der Waals surface area contributed by atoms with E-state index >= 15 is 0 Å². The molecule has 0 radical (unpaired) electrons. The Morgan fingerprint density at radius 3 is 2.59 bits per heavy atom. The number of rotatable bonds is 10. The highest BCUT2D eigenvalue weighted by Crippen LogP contribution is 2.35. The van der Waals surface area contributed by atoms with E-state index < -0.39 is 0 Å². The first-order valence-corrected chi connectivity index (χ1v) is 11.8. The van der Waals surface area contributed by atoms with Crippen molar-refractivity contribution in [3.63, 3.8) is 0 Å². The molecule has 2 aromatic carbocycles. The number of halogens is 1. The molecule has 0 spiro atoms. The van der Waals surface area contributed by atoms with Gasteiger partial charge in [-0.2, -0.15) is 0 Å². The van der Waals surface area contributed by atoms with E-state index in [1.165, 1.54) is 0 Å². The highest BCUT2D eigenvalue weighted by Gasteiger charge is 2.16. The molecule has 0 aliphatic carbocycles. The standard InChI is InChI=1S/C26H30ClNO4/c1-2-3-13-30-26-22-9-4-5-10-23(22)28-24(25(26)27)18-32-21-8-6-7-20(16-21)31-17-19-11-14-29-15-12-19/h4-10,16,19H,2-3,11-15,17-18H2,1H3. The maximum atomic E-state index is 6.70. The van der Waals surface area contributed by atoms with Crippen LogP contribution in [-0.2, 0) is 11.3 Å². The van der Waals surface area contributed by atoms with Gasteiger partial charge in [-0.1, -0.05) is 43.1 Å². The van der Waals surface area contributed by atoms with Gasteiger partial charge in [0.25, 0.3) is 0 Å². The molecule has 3 aromatic rings. The molecule has 1 aromatic heterocycles. The number of nitrogens with zero attached hydrogens (tertiary/aromatic N) is 1. The van der Waals surface area contributed by atoms with Gasteiger partial charge in [0, 0.05) is 24.7 Å². The predicted octanol–water partition coefficient (Wildman–Crippen LogP) is 6.45. The van der Waals surface area contributed by atoms with Gasteiger partial charge in [-0.25, -0.2) is 4.98 Å². The lowest BCUT2D eigenvalue weighted by molar-refractivity contribution is 0.0497. The summed E-state index contributed by atoms with van der Waals surface area (Å²) in [6.07, 6.45) is 4.12. The van der Waals surface area contributed by atoms with Gasteiger partial charge in [-0.15, -0.1) is 0 Å². The van der Waals surface area contributed by atoms with Gasteiger partial charge in [-0.3, -0.25) is 0 Å². The lowest BCUT2D eigenvalue weighted by atomic mass is 10.0. The first-order chi connectivity index (χ1) is 15.7. The van der Waals surface area contributed by atoms with Gasteiger partial charge in [0.15, 0.2) is 0 Å². The van der Waals surface area contributed by atoms with E-state index in [4.69, 9.17) is 35.5 Å². The summed E-state index contributed by atoms with van der Waals surface area (Å²) >= 11 is 6.70. The van der Waals surface area contributed by atoms with Crippen molar-refractivity contribution in [2.45, 2.75) is 39.2 Å². The molecule has 32 heavy (non-hydrogen) atoms. The Hall–Kier alpha value is -2.50. The maximum Gasteiger partial charge on any atom is 0.149 e. The number of benzene rings is 2. The summed E-state index contributed by atoms with van der Waals surface area (Å²) in [6, 6.07) is 15.6. The fourth-order valence-corrected chi connectivity index (χ4v) is 3.95. The summed E-state index contributed by atoms with van der Waals surface area (Å²) in [6.45, 7) is 5.34. The summed E-state index contributed by atoms with van der Waals surface area (Å²) in [5.41, 5.74) is 1.50. The lowest BCUT2D eigenvalue weighted by Gasteiger charge is -2.22. The minimum Gasteiger partial charge on any atom is -0.493 e. The van der Waals surface area contributed by atoms with Gasteiger partial charge in [0.1, 0.15) is 34.6 Å². The largest absolute Gasteiger partial charge is 0.493 e. The van der Waals surface area contributed by atoms with Crippen LogP contribution < -0.4 is 14.2 Å². The van der Waals surface area contributed by atoms with Gasteiger partial charge in [-0.05, 0) is 49.4 Å². The van der Waals surface area contributed by atoms with Crippen LogP contribution in [0.5, 0.6) is 17.2 Å². The van der Waals surface area contributed by atoms with E-state index in [2.05, 4.69) is 6.92 Å². The van der Waals surface area contributed by atoms with E-state index in [1.807, 2.05) is 48.5 Å². The van der Waals surface area contributed by atoms with Crippen LogP contribution >= 0.6 is 11.6 Å². The Morgan fingerprint density at radius 1 is 1.00 bits per heavy atom. The maximum absolute atomic E-state index is 6.70. The molecule has 170 valence electrons. The monoisotopic (exact) mass is 455 g/mol. The molecular formula is C26H30ClNO4. The first-order valence-electron chi connectivity index (χ1n) is 11.4. The fraction of sp³-hybridized carbons (Fsp3) is 0.423. The topological polar surface area (TPSA) is 49.8 Å². The van der Waals surface area contributed by atoms with Gasteiger partial charge >= 0.3 is 0 Å². The van der Waals surface area contributed by atoms with Crippen molar-refractivity contribution in [3.8, 4) is 17.2 Å². The minimum atomic E-state index is 0.247. The zero-order valence-electron chi connectivity index (χ0n) is 18.5. The van der Waals surface area contributed by atoms with Crippen molar-refractivity contribution in [1.29, 1.82) is 0 Å². The molecule has 2 heterocycles. The van der Waals surface area contributed by atoms with E-state index in [1.54, 1.807) is 0 Å². The number of hydrogen-bond donors (Lipinski definition) is 0. The third-order valence-electron chi connectivity index (χ3n) is 5.61. The van der Waals surface area contributed by atoms with E-state index in [0.717, 1.165) is 55.5 Å². The van der Waals surface area contributed by atoms with Crippen molar-refractivity contribution in [2.24, 2.45) is 5.92 Å². The molecule has 0 saturated carbocycles. The molecule has 0 unspecified atom stereocenters. The molecule has 5 nitrogen and oxygen atoms in total. The van der Waals surface area contributed by atoms with E-state index in [9.17, 15) is 0 Å². The van der Waals surface area contributed by atoms with Crippen LogP contribution in [0.2, 0.25) is 5.02 Å².